The SMILES string of the molecule is [CH2]CCCCCC(CCCCCCCCCCCC)CCCCCCCCCCCCCCCCC. The minimum Gasteiger partial charge on any atom is -0.0654 e. The molecule has 0 heteroatoms. The van der Waals surface area contributed by atoms with Gasteiger partial charge in [-0.15, -0.1) is 0 Å². The number of hydrogen-bond acceptors (Lipinski definition) is 0. The lowest BCUT2D eigenvalue weighted by molar-refractivity contribution is 0.366. The van der Waals surface area contributed by atoms with Gasteiger partial charge in [0.15, 0.2) is 0 Å². The van der Waals surface area contributed by atoms with Gasteiger partial charge in [0, 0.05) is 0 Å². The van der Waals surface area contributed by atoms with E-state index < -0.39 is 0 Å². The van der Waals surface area contributed by atoms with Gasteiger partial charge in [-0.3, -0.25) is 0 Å². The maximum Gasteiger partial charge on any atom is -0.0414 e. The van der Waals surface area contributed by atoms with E-state index in [0.717, 1.165) is 12.3 Å². The van der Waals surface area contributed by atoms with E-state index in [1.54, 1.807) is 0 Å². The highest BCUT2D eigenvalue weighted by molar-refractivity contribution is 4.62. The molecule has 0 aromatic heterocycles. The number of rotatable bonds is 32. The summed E-state index contributed by atoms with van der Waals surface area (Å²) in [6, 6.07) is 0. The van der Waals surface area contributed by atoms with Gasteiger partial charge >= 0.3 is 0 Å². The molecule has 0 bridgehead atoms. The summed E-state index contributed by atoms with van der Waals surface area (Å²) < 4.78 is 0. The second kappa shape index (κ2) is 33.0. The lowest BCUT2D eigenvalue weighted by atomic mass is 9.89. The van der Waals surface area contributed by atoms with Crippen molar-refractivity contribution in [3.63, 3.8) is 0 Å². The van der Waals surface area contributed by atoms with Crippen molar-refractivity contribution in [1.82, 2.24) is 0 Å². The lowest BCUT2D eigenvalue weighted by Crippen LogP contribution is -2.01. The first-order valence-corrected chi connectivity index (χ1v) is 17.6. The van der Waals surface area contributed by atoms with Crippen LogP contribution in [0.3, 0.4) is 0 Å². The summed E-state index contributed by atoms with van der Waals surface area (Å²) in [5, 5.41) is 0. The zero-order valence-corrected chi connectivity index (χ0v) is 25.9. The minimum atomic E-state index is 1.02. The third-order valence-electron chi connectivity index (χ3n) is 8.54. The lowest BCUT2D eigenvalue weighted by Gasteiger charge is -2.17. The Morgan fingerprint density at radius 2 is 0.528 bits per heavy atom. The molecule has 0 aliphatic carbocycles. The molecular formula is C36H73. The van der Waals surface area contributed by atoms with Gasteiger partial charge in [-0.2, -0.15) is 0 Å². The Morgan fingerprint density at radius 1 is 0.306 bits per heavy atom. The molecule has 0 aromatic rings. The van der Waals surface area contributed by atoms with E-state index in [1.165, 1.54) is 199 Å². The zero-order valence-electron chi connectivity index (χ0n) is 25.9. The first-order chi connectivity index (χ1) is 17.8. The third kappa shape index (κ3) is 30.2. The molecule has 1 atom stereocenters. The van der Waals surface area contributed by atoms with Crippen LogP contribution in [0.15, 0.2) is 0 Å². The highest BCUT2D eigenvalue weighted by Gasteiger charge is 2.08. The molecule has 0 aliphatic rings. The van der Waals surface area contributed by atoms with Crippen molar-refractivity contribution >= 4 is 0 Å². The van der Waals surface area contributed by atoms with E-state index in [0.29, 0.717) is 0 Å². The molecule has 0 spiro atoms. The molecule has 0 N–H and O–H groups in total. The third-order valence-corrected chi connectivity index (χ3v) is 8.54. The number of unbranched alkanes of at least 4 members (excludes halogenated alkanes) is 26. The molecule has 0 amide bonds. The molecular weight excluding hydrogens is 432 g/mol. The fourth-order valence-corrected chi connectivity index (χ4v) is 5.94. The van der Waals surface area contributed by atoms with Crippen molar-refractivity contribution in [2.45, 2.75) is 219 Å². The maximum absolute atomic E-state index is 4.03. The Labute approximate surface area is 232 Å². The van der Waals surface area contributed by atoms with E-state index in [4.69, 9.17) is 0 Å². The van der Waals surface area contributed by atoms with Gasteiger partial charge in [0.1, 0.15) is 0 Å². The fourth-order valence-electron chi connectivity index (χ4n) is 5.94. The summed E-state index contributed by atoms with van der Waals surface area (Å²) >= 11 is 0. The quantitative estimate of drug-likeness (QED) is 0.0797. The van der Waals surface area contributed by atoms with Gasteiger partial charge in [0.2, 0.25) is 0 Å². The Hall–Kier alpha value is 0. The van der Waals surface area contributed by atoms with Crippen LogP contribution in [0.4, 0.5) is 0 Å². The molecule has 0 rings (SSSR count). The predicted molar refractivity (Wildman–Crippen MR) is 168 cm³/mol. The topological polar surface area (TPSA) is 0 Å². The van der Waals surface area contributed by atoms with Crippen LogP contribution >= 0.6 is 0 Å². The van der Waals surface area contributed by atoms with Crippen molar-refractivity contribution in [1.29, 1.82) is 0 Å². The molecule has 36 heavy (non-hydrogen) atoms. The summed E-state index contributed by atoms with van der Waals surface area (Å²) in [6.07, 6.45) is 46.7. The molecule has 0 heterocycles. The van der Waals surface area contributed by atoms with E-state index in [-0.39, 0.29) is 0 Å². The average Bonchev–Trinajstić information content (AvgIpc) is 2.89. The van der Waals surface area contributed by atoms with Gasteiger partial charge in [-0.25, -0.2) is 0 Å². The summed E-state index contributed by atoms with van der Waals surface area (Å²) in [4.78, 5) is 0. The molecule has 217 valence electrons. The molecule has 0 saturated heterocycles. The van der Waals surface area contributed by atoms with Crippen molar-refractivity contribution < 1.29 is 0 Å². The van der Waals surface area contributed by atoms with Crippen LogP contribution < -0.4 is 0 Å². The standard InChI is InChI=1S/C36H73/c1-4-7-10-13-15-17-19-20-21-22-23-25-27-29-32-35-36(33-30-12-9-6-3)34-31-28-26-24-18-16-14-11-8-5-2/h36H,3-35H2,1-2H3. The smallest absolute Gasteiger partial charge is 0.0414 e. The van der Waals surface area contributed by atoms with Crippen LogP contribution in [0.25, 0.3) is 0 Å². The van der Waals surface area contributed by atoms with E-state index >= 15 is 0 Å². The van der Waals surface area contributed by atoms with Gasteiger partial charge in [-0.1, -0.05) is 226 Å². The van der Waals surface area contributed by atoms with Crippen molar-refractivity contribution in [2.75, 3.05) is 0 Å². The van der Waals surface area contributed by atoms with Gasteiger partial charge in [0.25, 0.3) is 0 Å². The largest absolute Gasteiger partial charge is 0.0654 e. The first kappa shape index (κ1) is 36.0. The predicted octanol–water partition coefficient (Wildman–Crippen LogP) is 14.0. The maximum atomic E-state index is 4.03. The van der Waals surface area contributed by atoms with Crippen molar-refractivity contribution in [2.24, 2.45) is 5.92 Å². The van der Waals surface area contributed by atoms with Crippen LogP contribution in [0.5, 0.6) is 0 Å². The van der Waals surface area contributed by atoms with Crippen LogP contribution in [0.2, 0.25) is 0 Å². The van der Waals surface area contributed by atoms with Gasteiger partial charge in [-0.05, 0) is 5.92 Å². The van der Waals surface area contributed by atoms with E-state index in [9.17, 15) is 0 Å². The zero-order chi connectivity index (χ0) is 26.2. The highest BCUT2D eigenvalue weighted by Crippen LogP contribution is 2.25. The first-order valence-electron chi connectivity index (χ1n) is 17.6. The molecule has 1 unspecified atom stereocenters. The van der Waals surface area contributed by atoms with Gasteiger partial charge < -0.3 is 0 Å². The Morgan fingerprint density at radius 3 is 0.778 bits per heavy atom. The second-order valence-electron chi connectivity index (χ2n) is 12.3. The molecule has 0 aliphatic heterocycles. The second-order valence-corrected chi connectivity index (χ2v) is 12.3. The summed E-state index contributed by atoms with van der Waals surface area (Å²) in [5.41, 5.74) is 0. The molecule has 0 aromatic carbocycles. The van der Waals surface area contributed by atoms with E-state index in [1.807, 2.05) is 0 Å². The molecule has 0 saturated carbocycles. The van der Waals surface area contributed by atoms with Crippen LogP contribution in [0.1, 0.15) is 219 Å². The summed E-state index contributed by atoms with van der Waals surface area (Å²) in [5.74, 6) is 1.02. The molecule has 0 fully saturated rings. The van der Waals surface area contributed by atoms with Crippen LogP contribution in [-0.4, -0.2) is 0 Å². The monoisotopic (exact) mass is 506 g/mol. The van der Waals surface area contributed by atoms with Gasteiger partial charge in [0.05, 0.1) is 0 Å². The van der Waals surface area contributed by atoms with E-state index in [2.05, 4.69) is 20.8 Å². The van der Waals surface area contributed by atoms with Crippen LogP contribution in [-0.2, 0) is 0 Å². The average molecular weight is 506 g/mol. The van der Waals surface area contributed by atoms with Crippen molar-refractivity contribution in [3.8, 4) is 0 Å². The summed E-state index contributed by atoms with van der Waals surface area (Å²) in [6.45, 7) is 8.65. The number of hydrogen-bond donors (Lipinski definition) is 0. The Bertz CT molecular complexity index is 359. The molecule has 0 nitrogen and oxygen atoms in total. The summed E-state index contributed by atoms with van der Waals surface area (Å²) in [7, 11) is 0. The highest BCUT2D eigenvalue weighted by atomic mass is 14.1. The fraction of sp³-hybridized carbons (Fsp3) is 0.972. The minimum absolute atomic E-state index is 1.02. The van der Waals surface area contributed by atoms with Crippen LogP contribution in [0, 0.1) is 12.8 Å². The Kier molecular flexibility index (Phi) is 33.0. The Balaban J connectivity index is 3.62. The normalized spacial score (nSPS) is 12.4. The molecule has 1 radical (unpaired) electrons. The van der Waals surface area contributed by atoms with Crippen molar-refractivity contribution in [3.05, 3.63) is 6.92 Å².